The van der Waals surface area contributed by atoms with E-state index in [-0.39, 0.29) is 0 Å². The van der Waals surface area contributed by atoms with Gasteiger partial charge >= 0.3 is 0 Å². The molecule has 2 aromatic carbocycles. The van der Waals surface area contributed by atoms with Crippen LogP contribution in [-0.2, 0) is 11.0 Å². The molecule has 0 radical (unpaired) electrons. The zero-order valence-electron chi connectivity index (χ0n) is 17.8. The van der Waals surface area contributed by atoms with Gasteiger partial charge in [0.2, 0.25) is 0 Å². The van der Waals surface area contributed by atoms with Gasteiger partial charge in [-0.15, -0.1) is 0 Å². The van der Waals surface area contributed by atoms with Crippen molar-refractivity contribution in [2.45, 2.75) is 81.9 Å². The minimum atomic E-state index is -2.39. The van der Waals surface area contributed by atoms with E-state index < -0.39 is 7.14 Å². The largest absolute Gasteiger partial charge is 0.497 e. The summed E-state index contributed by atoms with van der Waals surface area (Å²) in [5.74, 6) is 0.890. The van der Waals surface area contributed by atoms with E-state index in [1.54, 1.807) is 7.11 Å². The van der Waals surface area contributed by atoms with Gasteiger partial charge in [0.05, 0.1) is 7.11 Å². The van der Waals surface area contributed by atoms with Gasteiger partial charge in [0, 0.05) is 16.6 Å². The first-order chi connectivity index (χ1) is 14.2. The Labute approximate surface area is 176 Å². The Kier molecular flexibility index (Phi) is 6.81. The maximum Gasteiger partial charge on any atom is 0.121 e. The van der Waals surface area contributed by atoms with Gasteiger partial charge in [-0.1, -0.05) is 68.9 Å². The summed E-state index contributed by atoms with van der Waals surface area (Å²) in [5.41, 5.74) is 3.37. The van der Waals surface area contributed by atoms with Crippen LogP contribution < -0.4 is 10.0 Å². The molecule has 0 heterocycles. The molecule has 3 heteroatoms. The highest BCUT2D eigenvalue weighted by atomic mass is 31.2. The molecule has 0 aromatic heterocycles. The predicted molar refractivity (Wildman–Crippen MR) is 123 cm³/mol. The van der Waals surface area contributed by atoms with E-state index in [1.165, 1.54) is 55.0 Å². The monoisotopic (exact) mass is 410 g/mol. The average molecular weight is 411 g/mol. The molecule has 0 amide bonds. The summed E-state index contributed by atoms with van der Waals surface area (Å²) in [6, 6.07) is 17.1. The Morgan fingerprint density at radius 2 is 1.38 bits per heavy atom. The second-order valence-corrected chi connectivity index (χ2v) is 12.4. The SMILES string of the molecule is COc1ccc(Cc2cccc(P(=O)(C3CCCCC3)C3CCCCC3)c2)cc1. The van der Waals surface area contributed by atoms with E-state index in [0.29, 0.717) is 11.3 Å². The van der Waals surface area contributed by atoms with Crippen LogP contribution in [0.4, 0.5) is 0 Å². The fourth-order valence-corrected chi connectivity index (χ4v) is 9.90. The highest BCUT2D eigenvalue weighted by Crippen LogP contribution is 2.61. The Bertz CT molecular complexity index is 808. The third kappa shape index (κ3) is 4.64. The zero-order chi connectivity index (χ0) is 20.1. The Morgan fingerprint density at radius 1 is 0.793 bits per heavy atom. The molecule has 0 atom stereocenters. The number of hydrogen-bond donors (Lipinski definition) is 0. The van der Waals surface area contributed by atoms with Crippen LogP contribution in [0.25, 0.3) is 0 Å². The van der Waals surface area contributed by atoms with E-state index in [0.717, 1.165) is 37.9 Å². The Balaban J connectivity index is 1.63. The molecule has 29 heavy (non-hydrogen) atoms. The second kappa shape index (κ2) is 9.52. The maximum absolute atomic E-state index is 14.8. The molecule has 2 aliphatic carbocycles. The lowest BCUT2D eigenvalue weighted by molar-refractivity contribution is 0.414. The third-order valence-electron chi connectivity index (χ3n) is 7.12. The number of rotatable bonds is 6. The van der Waals surface area contributed by atoms with E-state index in [1.807, 2.05) is 12.1 Å². The van der Waals surface area contributed by atoms with Gasteiger partial charge in [-0.2, -0.15) is 0 Å². The van der Waals surface area contributed by atoms with Gasteiger partial charge in [0.1, 0.15) is 12.9 Å². The van der Waals surface area contributed by atoms with E-state index >= 15 is 0 Å². The number of ether oxygens (including phenoxy) is 1. The van der Waals surface area contributed by atoms with Crippen molar-refractivity contribution in [3.8, 4) is 5.75 Å². The first-order valence-electron chi connectivity index (χ1n) is 11.5. The molecule has 2 aromatic rings. The van der Waals surface area contributed by atoms with Crippen LogP contribution in [-0.4, -0.2) is 18.4 Å². The Morgan fingerprint density at radius 3 is 1.93 bits per heavy atom. The molecule has 0 unspecified atom stereocenters. The first-order valence-corrected chi connectivity index (χ1v) is 13.4. The molecule has 4 rings (SSSR count). The topological polar surface area (TPSA) is 26.3 Å². The van der Waals surface area contributed by atoms with Crippen LogP contribution in [0.2, 0.25) is 0 Å². The number of benzene rings is 2. The maximum atomic E-state index is 14.8. The van der Waals surface area contributed by atoms with E-state index in [2.05, 4.69) is 36.4 Å². The molecular formula is C26H35O2P. The summed E-state index contributed by atoms with van der Waals surface area (Å²) in [4.78, 5) is 0. The lowest BCUT2D eigenvalue weighted by Crippen LogP contribution is -2.29. The van der Waals surface area contributed by atoms with Gasteiger partial charge in [-0.3, -0.25) is 0 Å². The van der Waals surface area contributed by atoms with Crippen LogP contribution >= 0.6 is 7.14 Å². The van der Waals surface area contributed by atoms with Gasteiger partial charge in [-0.05, 0) is 61.4 Å². The summed E-state index contributed by atoms with van der Waals surface area (Å²) in [7, 11) is -0.686. The highest BCUT2D eigenvalue weighted by Gasteiger charge is 2.42. The fraction of sp³-hybridized carbons (Fsp3) is 0.538. The fourth-order valence-electron chi connectivity index (χ4n) is 5.51. The van der Waals surface area contributed by atoms with Gasteiger partial charge in [0.25, 0.3) is 0 Å². The highest BCUT2D eigenvalue weighted by molar-refractivity contribution is 7.73. The molecule has 0 saturated heterocycles. The molecule has 0 spiro atoms. The van der Waals surface area contributed by atoms with Crippen molar-refractivity contribution in [3.05, 3.63) is 59.7 Å². The summed E-state index contributed by atoms with van der Waals surface area (Å²) in [5, 5.41) is 1.17. The molecule has 2 fully saturated rings. The van der Waals surface area contributed by atoms with Crippen LogP contribution in [0, 0.1) is 0 Å². The summed E-state index contributed by atoms with van der Waals surface area (Å²) in [6.07, 6.45) is 13.2. The first kappa shape index (κ1) is 20.7. The molecule has 2 saturated carbocycles. The molecule has 0 bridgehead atoms. The lowest BCUT2D eigenvalue weighted by atomic mass is 9.99. The summed E-state index contributed by atoms with van der Waals surface area (Å²) in [6.45, 7) is 0. The quantitative estimate of drug-likeness (QED) is 0.482. The van der Waals surface area contributed by atoms with Gasteiger partial charge in [0.15, 0.2) is 0 Å². The molecule has 2 aliphatic rings. The standard InChI is InChI=1S/C26H35O2P/c1-28-23-17-15-21(16-18-23)19-22-9-8-14-26(20-22)29(27,24-10-4-2-5-11-24)25-12-6-3-7-13-25/h8-9,14-18,20,24-25H,2-7,10-13,19H2,1H3. The average Bonchev–Trinajstić information content (AvgIpc) is 2.80. The van der Waals surface area contributed by atoms with Gasteiger partial charge < -0.3 is 9.30 Å². The third-order valence-corrected chi connectivity index (χ3v) is 11.4. The van der Waals surface area contributed by atoms with E-state index in [4.69, 9.17) is 4.74 Å². The predicted octanol–water partition coefficient (Wildman–Crippen LogP) is 6.94. The normalized spacial score (nSPS) is 19.2. The minimum Gasteiger partial charge on any atom is -0.497 e. The van der Waals surface area contributed by atoms with Crippen molar-refractivity contribution in [2.75, 3.05) is 7.11 Å². The van der Waals surface area contributed by atoms with Crippen molar-refractivity contribution in [1.29, 1.82) is 0 Å². The zero-order valence-corrected chi connectivity index (χ0v) is 18.7. The number of hydrogen-bond acceptors (Lipinski definition) is 2. The smallest absolute Gasteiger partial charge is 0.121 e. The van der Waals surface area contributed by atoms with Crippen molar-refractivity contribution in [1.82, 2.24) is 0 Å². The van der Waals surface area contributed by atoms with Crippen LogP contribution in [0.15, 0.2) is 48.5 Å². The van der Waals surface area contributed by atoms with Crippen LogP contribution in [0.1, 0.15) is 75.3 Å². The second-order valence-electron chi connectivity index (χ2n) is 8.99. The molecule has 0 aliphatic heterocycles. The van der Waals surface area contributed by atoms with Crippen molar-refractivity contribution >= 4 is 12.4 Å². The van der Waals surface area contributed by atoms with Crippen LogP contribution in [0.3, 0.4) is 0 Å². The summed E-state index contributed by atoms with van der Waals surface area (Å²) < 4.78 is 20.1. The van der Waals surface area contributed by atoms with Crippen molar-refractivity contribution in [2.24, 2.45) is 0 Å². The molecule has 2 nitrogen and oxygen atoms in total. The number of methoxy groups -OCH3 is 1. The summed E-state index contributed by atoms with van der Waals surface area (Å²) >= 11 is 0. The van der Waals surface area contributed by atoms with Crippen LogP contribution in [0.5, 0.6) is 5.75 Å². The van der Waals surface area contributed by atoms with Crippen molar-refractivity contribution < 1.29 is 9.30 Å². The molecule has 0 N–H and O–H groups in total. The molecule has 156 valence electrons. The molecular weight excluding hydrogens is 375 g/mol. The minimum absolute atomic E-state index is 0.413. The van der Waals surface area contributed by atoms with Gasteiger partial charge in [-0.25, -0.2) is 0 Å². The Hall–Kier alpha value is -1.53. The lowest BCUT2D eigenvalue weighted by Gasteiger charge is -2.38. The van der Waals surface area contributed by atoms with Crippen molar-refractivity contribution in [3.63, 3.8) is 0 Å². The van der Waals surface area contributed by atoms with E-state index in [9.17, 15) is 4.57 Å².